The molecule has 0 saturated heterocycles. The topological polar surface area (TPSA) is 357 Å². The lowest BCUT2D eigenvalue weighted by molar-refractivity contribution is -0.385. The first-order chi connectivity index (χ1) is 47.1. The minimum atomic E-state index is -3.78. The zero-order valence-corrected chi connectivity index (χ0v) is 62.3. The number of nitrogens with zero attached hydrogens (tertiary/aromatic N) is 4. The van der Waals surface area contributed by atoms with Crippen molar-refractivity contribution in [3.63, 3.8) is 0 Å². The van der Waals surface area contributed by atoms with E-state index in [1.165, 1.54) is 59.7 Å². The van der Waals surface area contributed by atoms with E-state index >= 15 is 0 Å². The molecule has 0 atom stereocenters. The summed E-state index contributed by atoms with van der Waals surface area (Å²) in [6.45, 7) is 26.1. The Bertz CT molecular complexity index is 4520. The number of nitrogens with one attached hydrogen (secondary N) is 4. The summed E-state index contributed by atoms with van der Waals surface area (Å²) in [7, 11) is -15.1. The Morgan fingerprint density at radius 2 is 0.520 bits per heavy atom. The first-order valence-electron chi connectivity index (χ1n) is 32.6. The van der Waals surface area contributed by atoms with Gasteiger partial charge in [0.15, 0.2) is 0 Å². The molecule has 0 aliphatic rings. The largest absolute Gasteiger partial charge is 0.274 e. The quantitative estimate of drug-likeness (QED) is 0.0274. The van der Waals surface area contributed by atoms with Crippen LogP contribution in [0, 0.1) is 40.5 Å². The molecule has 0 heterocycles. The Morgan fingerprint density at radius 3 is 0.755 bits per heavy atom. The van der Waals surface area contributed by atoms with Gasteiger partial charge in [0.05, 0.1) is 39.3 Å². The van der Waals surface area contributed by atoms with E-state index in [4.69, 9.17) is 0 Å². The maximum absolute atomic E-state index is 12.3. The van der Waals surface area contributed by atoms with Crippen LogP contribution < -0.4 is 18.9 Å². The highest BCUT2D eigenvalue weighted by molar-refractivity contribution is 7.90. The summed E-state index contributed by atoms with van der Waals surface area (Å²) in [5.74, 6) is 1.19. The van der Waals surface area contributed by atoms with E-state index in [0.29, 0.717) is 65.7 Å². The van der Waals surface area contributed by atoms with Crippen LogP contribution in [0.3, 0.4) is 0 Å². The molecular formula is C74H94N8O16S4. The normalized spacial score (nSPS) is 11.7. The van der Waals surface area contributed by atoms with Crippen LogP contribution >= 0.6 is 0 Å². The lowest BCUT2D eigenvalue weighted by atomic mass is 9.97. The highest BCUT2D eigenvalue weighted by Crippen LogP contribution is 2.31. The predicted molar refractivity (Wildman–Crippen MR) is 400 cm³/mol. The van der Waals surface area contributed by atoms with Gasteiger partial charge in [-0.15, -0.1) is 0 Å². The van der Waals surface area contributed by atoms with Gasteiger partial charge in [0.1, 0.15) is 0 Å². The lowest BCUT2D eigenvalue weighted by Gasteiger charge is -2.11. The zero-order valence-electron chi connectivity index (χ0n) is 59.1. The Balaban J connectivity index is 0.000000288. The Morgan fingerprint density at radius 1 is 0.284 bits per heavy atom. The lowest BCUT2D eigenvalue weighted by Crippen LogP contribution is -2.30. The maximum Gasteiger partial charge on any atom is 0.274 e. The van der Waals surface area contributed by atoms with Crippen LogP contribution in [0.5, 0.6) is 0 Å². The number of nitro groups is 4. The number of rotatable bonds is 27. The van der Waals surface area contributed by atoms with E-state index in [2.05, 4.69) is 60.4 Å². The monoisotopic (exact) mass is 1480 g/mol. The standard InChI is InChI=1S/3C19H24N2O4S.C16H18N2O4S.CH4/c2*1-13(2)16-7-5-15(6-8-16)11-17-9-10-18(12-19(17)21(22)23)26(24,25)20-14(3)4;1-13(2)16-7-5-6-15(10-16)11-17-8-9-18(12-19(17)21(22)23)26(24,25)20-14(3)4;1-12(2)17-23(21,22)15-9-8-14(16(11-15)18(19)20)10-13-6-4-3-5-7-13;/h3*5-10,12-14,20H,11H2,1-4H3;3-9,11-12,17H,10H2,1-2H3;1H4. The molecule has 0 aromatic heterocycles. The first-order valence-corrected chi connectivity index (χ1v) is 38.5. The van der Waals surface area contributed by atoms with Crippen molar-refractivity contribution in [2.24, 2.45) is 0 Å². The zero-order chi connectivity index (χ0) is 75.5. The van der Waals surface area contributed by atoms with Gasteiger partial charge in [0.2, 0.25) is 40.1 Å². The fourth-order valence-corrected chi connectivity index (χ4v) is 15.3. The van der Waals surface area contributed by atoms with Gasteiger partial charge in [-0.05, 0) is 136 Å². The van der Waals surface area contributed by atoms with Gasteiger partial charge in [0.25, 0.3) is 22.7 Å². The molecule has 0 unspecified atom stereocenters. The SMILES string of the molecule is C.CC(C)NS(=O)(=O)c1ccc(Cc2ccc(C(C)C)cc2)c([N+](=O)[O-])c1.CC(C)NS(=O)(=O)c1ccc(Cc2ccc(C(C)C)cc2)c([N+](=O)[O-])c1.CC(C)NS(=O)(=O)c1ccc(Cc2cccc(C(C)C)c2)c([N+](=O)[O-])c1.CC(C)NS(=O)(=O)c1ccc(Cc2ccccc2)c([N+](=O)[O-])c1. The second-order valence-electron chi connectivity index (χ2n) is 26.2. The summed E-state index contributed by atoms with van der Waals surface area (Å²) in [4.78, 5) is 43.1. The third-order valence-electron chi connectivity index (χ3n) is 15.2. The van der Waals surface area contributed by atoms with Gasteiger partial charge >= 0.3 is 0 Å². The minimum Gasteiger partial charge on any atom is -0.258 e. The van der Waals surface area contributed by atoms with Crippen molar-refractivity contribution in [1.82, 2.24) is 18.9 Å². The van der Waals surface area contributed by atoms with E-state index in [1.807, 2.05) is 103 Å². The van der Waals surface area contributed by atoms with Crippen molar-refractivity contribution < 1.29 is 53.4 Å². The molecule has 0 saturated carbocycles. The Hall–Kier alpha value is -9.00. The minimum absolute atomic E-state index is 0. The van der Waals surface area contributed by atoms with Crippen LogP contribution in [0.2, 0.25) is 0 Å². The van der Waals surface area contributed by atoms with Crippen molar-refractivity contribution in [1.29, 1.82) is 0 Å². The molecule has 0 radical (unpaired) electrons. The van der Waals surface area contributed by atoms with Crippen LogP contribution in [-0.4, -0.2) is 77.5 Å². The molecule has 0 amide bonds. The fraction of sp³-hybridized carbons (Fsp3) is 0.351. The van der Waals surface area contributed by atoms with Gasteiger partial charge in [0, 0.05) is 96.4 Å². The summed E-state index contributed by atoms with van der Waals surface area (Å²) in [5.41, 5.74) is 8.47. The molecule has 28 heteroatoms. The number of nitro benzene ring substituents is 4. The number of sulfonamides is 4. The molecular weight excluding hydrogens is 1390 g/mol. The summed E-state index contributed by atoms with van der Waals surface area (Å²) < 4.78 is 108. The smallest absolute Gasteiger partial charge is 0.258 e. The summed E-state index contributed by atoms with van der Waals surface area (Å²) in [6, 6.07) is 48.1. The van der Waals surface area contributed by atoms with Crippen LogP contribution in [-0.2, 0) is 65.8 Å². The number of hydrogen-bond acceptors (Lipinski definition) is 16. The second kappa shape index (κ2) is 37.8. The molecule has 4 N–H and O–H groups in total. The number of benzene rings is 8. The van der Waals surface area contributed by atoms with Crippen molar-refractivity contribution >= 4 is 62.8 Å². The molecule has 8 aromatic rings. The van der Waals surface area contributed by atoms with Crippen molar-refractivity contribution in [2.45, 2.75) is 192 Å². The first kappa shape index (κ1) is 85.4. The van der Waals surface area contributed by atoms with Crippen molar-refractivity contribution in [2.75, 3.05) is 0 Å². The van der Waals surface area contributed by atoms with E-state index in [1.54, 1.807) is 55.4 Å². The molecule has 0 fully saturated rings. The molecule has 0 spiro atoms. The summed E-state index contributed by atoms with van der Waals surface area (Å²) in [5, 5.41) is 45.7. The van der Waals surface area contributed by atoms with Gasteiger partial charge in [-0.2, -0.15) is 0 Å². The third kappa shape index (κ3) is 25.8. The van der Waals surface area contributed by atoms with E-state index in [-0.39, 0.29) is 73.9 Å². The average molecular weight is 1480 g/mol. The predicted octanol–water partition coefficient (Wildman–Crippen LogP) is 15.5. The molecule has 550 valence electrons. The Kier molecular flexibility index (Phi) is 31.6. The highest BCUT2D eigenvalue weighted by atomic mass is 32.2. The van der Waals surface area contributed by atoms with E-state index < -0.39 is 59.8 Å². The van der Waals surface area contributed by atoms with Crippen molar-refractivity contribution in [3.05, 3.63) is 278 Å². The summed E-state index contributed by atoms with van der Waals surface area (Å²) >= 11 is 0. The van der Waals surface area contributed by atoms with Crippen molar-refractivity contribution in [3.8, 4) is 0 Å². The molecule has 0 bridgehead atoms. The Labute approximate surface area is 600 Å². The molecule has 0 aliphatic carbocycles. The molecule has 0 aliphatic heterocycles. The number of hydrogen-bond donors (Lipinski definition) is 4. The second-order valence-corrected chi connectivity index (χ2v) is 33.0. The van der Waals surface area contributed by atoms with Gasteiger partial charge in [-0.25, -0.2) is 52.6 Å². The maximum atomic E-state index is 12.3. The highest BCUT2D eigenvalue weighted by Gasteiger charge is 2.27. The molecule has 102 heavy (non-hydrogen) atoms. The van der Waals surface area contributed by atoms with Gasteiger partial charge < -0.3 is 0 Å². The molecule has 8 aromatic carbocycles. The van der Waals surface area contributed by atoms with Crippen LogP contribution in [0.25, 0.3) is 0 Å². The van der Waals surface area contributed by atoms with E-state index in [0.717, 1.165) is 52.1 Å². The van der Waals surface area contributed by atoms with Gasteiger partial charge in [-0.3, -0.25) is 40.5 Å². The summed E-state index contributed by atoms with van der Waals surface area (Å²) in [6.07, 6.45) is 1.48. The third-order valence-corrected chi connectivity index (χ3v) is 21.8. The van der Waals surface area contributed by atoms with Crippen LogP contribution in [0.1, 0.15) is 183 Å². The molecule has 24 nitrogen and oxygen atoms in total. The van der Waals surface area contributed by atoms with Gasteiger partial charge in [-0.1, -0.05) is 176 Å². The average Bonchev–Trinajstić information content (AvgIpc) is 0.822. The van der Waals surface area contributed by atoms with Crippen LogP contribution in [0.4, 0.5) is 22.7 Å². The van der Waals surface area contributed by atoms with E-state index in [9.17, 15) is 74.1 Å². The fourth-order valence-electron chi connectivity index (χ4n) is 10.2. The van der Waals surface area contributed by atoms with Crippen LogP contribution in [0.15, 0.2) is 196 Å². The molecule has 8 rings (SSSR count).